The van der Waals surface area contributed by atoms with Crippen molar-refractivity contribution >= 4 is 11.6 Å². The second-order valence-electron chi connectivity index (χ2n) is 7.03. The van der Waals surface area contributed by atoms with Crippen LogP contribution in [0, 0.1) is 5.92 Å². The van der Waals surface area contributed by atoms with Crippen molar-refractivity contribution in [3.05, 3.63) is 60.2 Å². The van der Waals surface area contributed by atoms with E-state index in [2.05, 4.69) is 63.6 Å². The molecule has 1 aliphatic rings. The number of methoxy groups -OCH3 is 1. The summed E-state index contributed by atoms with van der Waals surface area (Å²) in [6.45, 7) is 3.90. The van der Waals surface area contributed by atoms with Gasteiger partial charge in [-0.3, -0.25) is 4.99 Å². The number of para-hydroxylation sites is 2. The van der Waals surface area contributed by atoms with Crippen LogP contribution in [0.2, 0.25) is 0 Å². The van der Waals surface area contributed by atoms with Gasteiger partial charge in [-0.2, -0.15) is 0 Å². The number of guanidine groups is 1. The lowest BCUT2D eigenvalue weighted by Crippen LogP contribution is -2.41. The highest BCUT2D eigenvalue weighted by Crippen LogP contribution is 2.23. The summed E-state index contributed by atoms with van der Waals surface area (Å²) >= 11 is 0. The molecule has 27 heavy (non-hydrogen) atoms. The number of rotatable bonds is 6. The standard InChI is InChI=1S/C22H30N4O/c1-23-22(25(2)17-19-9-7-8-12-21(19)27-3)24-15-18-13-14-26(16-18)20-10-5-4-6-11-20/h4-12,18H,13-17H2,1-3H3,(H,23,24). The van der Waals surface area contributed by atoms with Gasteiger partial charge in [0.15, 0.2) is 5.96 Å². The molecule has 3 rings (SSSR count). The summed E-state index contributed by atoms with van der Waals surface area (Å²) in [4.78, 5) is 9.06. The largest absolute Gasteiger partial charge is 0.496 e. The topological polar surface area (TPSA) is 40.1 Å². The monoisotopic (exact) mass is 366 g/mol. The van der Waals surface area contributed by atoms with Crippen molar-refractivity contribution in [2.75, 3.05) is 45.7 Å². The SMILES string of the molecule is CN=C(NCC1CCN(c2ccccc2)C1)N(C)Cc1ccccc1OC. The van der Waals surface area contributed by atoms with Gasteiger partial charge in [0.05, 0.1) is 7.11 Å². The summed E-state index contributed by atoms with van der Waals surface area (Å²) in [5.74, 6) is 2.45. The van der Waals surface area contributed by atoms with E-state index in [0.717, 1.165) is 43.5 Å². The number of ether oxygens (including phenoxy) is 1. The lowest BCUT2D eigenvalue weighted by molar-refractivity contribution is 0.395. The second kappa shape index (κ2) is 9.31. The quantitative estimate of drug-likeness (QED) is 0.629. The summed E-state index contributed by atoms with van der Waals surface area (Å²) in [6, 6.07) is 18.8. The van der Waals surface area contributed by atoms with Gasteiger partial charge in [0.2, 0.25) is 0 Å². The highest BCUT2D eigenvalue weighted by molar-refractivity contribution is 5.79. The predicted octanol–water partition coefficient (Wildman–Crippen LogP) is 3.23. The fourth-order valence-electron chi connectivity index (χ4n) is 3.66. The highest BCUT2D eigenvalue weighted by atomic mass is 16.5. The Hall–Kier alpha value is -2.69. The molecule has 1 atom stereocenters. The minimum atomic E-state index is 0.626. The Morgan fingerprint density at radius 3 is 2.67 bits per heavy atom. The summed E-state index contributed by atoms with van der Waals surface area (Å²) in [5.41, 5.74) is 2.47. The number of hydrogen-bond acceptors (Lipinski definition) is 3. The molecule has 0 spiro atoms. The van der Waals surface area contributed by atoms with Crippen molar-refractivity contribution in [3.8, 4) is 5.75 Å². The molecule has 0 saturated carbocycles. The first-order chi connectivity index (χ1) is 13.2. The van der Waals surface area contributed by atoms with E-state index in [1.807, 2.05) is 25.2 Å². The molecule has 5 heteroatoms. The maximum atomic E-state index is 5.46. The number of aliphatic imine (C=N–C) groups is 1. The smallest absolute Gasteiger partial charge is 0.193 e. The lowest BCUT2D eigenvalue weighted by Gasteiger charge is -2.24. The van der Waals surface area contributed by atoms with Crippen LogP contribution in [0.25, 0.3) is 0 Å². The Labute approximate surface area is 162 Å². The average molecular weight is 367 g/mol. The van der Waals surface area contributed by atoms with Crippen molar-refractivity contribution in [2.45, 2.75) is 13.0 Å². The molecular formula is C22H30N4O. The van der Waals surface area contributed by atoms with Crippen LogP contribution >= 0.6 is 0 Å². The van der Waals surface area contributed by atoms with Crippen LogP contribution in [0.1, 0.15) is 12.0 Å². The van der Waals surface area contributed by atoms with Crippen molar-refractivity contribution in [1.29, 1.82) is 0 Å². The molecule has 1 fully saturated rings. The summed E-state index contributed by atoms with van der Waals surface area (Å²) < 4.78 is 5.46. The molecule has 2 aromatic rings. The molecule has 0 amide bonds. The van der Waals surface area contributed by atoms with Crippen LogP contribution in [0.3, 0.4) is 0 Å². The van der Waals surface area contributed by atoms with Gasteiger partial charge in [0.25, 0.3) is 0 Å². The summed E-state index contributed by atoms with van der Waals surface area (Å²) in [6.07, 6.45) is 1.20. The van der Waals surface area contributed by atoms with E-state index in [1.165, 1.54) is 12.1 Å². The van der Waals surface area contributed by atoms with Gasteiger partial charge in [-0.1, -0.05) is 36.4 Å². The van der Waals surface area contributed by atoms with E-state index in [1.54, 1.807) is 7.11 Å². The third-order valence-electron chi connectivity index (χ3n) is 5.13. The normalized spacial score (nSPS) is 17.1. The maximum Gasteiger partial charge on any atom is 0.193 e. The number of hydrogen-bond donors (Lipinski definition) is 1. The van der Waals surface area contributed by atoms with Crippen molar-refractivity contribution < 1.29 is 4.74 Å². The average Bonchev–Trinajstić information content (AvgIpc) is 3.18. The van der Waals surface area contributed by atoms with Crippen LogP contribution in [-0.4, -0.2) is 51.7 Å². The first kappa shape index (κ1) is 19.1. The van der Waals surface area contributed by atoms with Gasteiger partial charge in [0.1, 0.15) is 5.75 Å². The van der Waals surface area contributed by atoms with Crippen molar-refractivity contribution in [1.82, 2.24) is 10.2 Å². The zero-order valence-corrected chi connectivity index (χ0v) is 16.6. The Bertz CT molecular complexity index is 747. The van der Waals surface area contributed by atoms with Crippen molar-refractivity contribution in [2.24, 2.45) is 10.9 Å². The Kier molecular flexibility index (Phi) is 6.58. The summed E-state index contributed by atoms with van der Waals surface area (Å²) in [5, 5.41) is 3.55. The number of anilines is 1. The highest BCUT2D eigenvalue weighted by Gasteiger charge is 2.23. The van der Waals surface area contributed by atoms with E-state index in [0.29, 0.717) is 5.92 Å². The zero-order chi connectivity index (χ0) is 19.1. The van der Waals surface area contributed by atoms with Crippen LogP contribution < -0.4 is 15.0 Å². The zero-order valence-electron chi connectivity index (χ0n) is 16.6. The lowest BCUT2D eigenvalue weighted by atomic mass is 10.1. The molecule has 5 nitrogen and oxygen atoms in total. The van der Waals surface area contributed by atoms with Gasteiger partial charge in [-0.25, -0.2) is 0 Å². The second-order valence-corrected chi connectivity index (χ2v) is 7.03. The predicted molar refractivity (Wildman–Crippen MR) is 113 cm³/mol. The molecule has 2 aromatic carbocycles. The number of nitrogens with zero attached hydrogens (tertiary/aromatic N) is 3. The van der Waals surface area contributed by atoms with Crippen LogP contribution in [0.4, 0.5) is 5.69 Å². The molecule has 0 radical (unpaired) electrons. The fraction of sp³-hybridized carbons (Fsp3) is 0.409. The van der Waals surface area contributed by atoms with E-state index < -0.39 is 0 Å². The Morgan fingerprint density at radius 2 is 1.93 bits per heavy atom. The molecular weight excluding hydrogens is 336 g/mol. The van der Waals surface area contributed by atoms with Gasteiger partial charge < -0.3 is 19.9 Å². The third-order valence-corrected chi connectivity index (χ3v) is 5.13. The van der Waals surface area contributed by atoms with E-state index >= 15 is 0 Å². The number of nitrogens with one attached hydrogen (secondary N) is 1. The van der Waals surface area contributed by atoms with Crippen LogP contribution in [0.15, 0.2) is 59.6 Å². The molecule has 0 bridgehead atoms. The van der Waals surface area contributed by atoms with E-state index in [9.17, 15) is 0 Å². The molecule has 1 unspecified atom stereocenters. The fourth-order valence-corrected chi connectivity index (χ4v) is 3.66. The molecule has 1 aliphatic heterocycles. The maximum absolute atomic E-state index is 5.46. The molecule has 0 aliphatic carbocycles. The van der Waals surface area contributed by atoms with Gasteiger partial charge >= 0.3 is 0 Å². The third kappa shape index (κ3) is 4.94. The molecule has 0 aromatic heterocycles. The summed E-state index contributed by atoms with van der Waals surface area (Å²) in [7, 11) is 5.61. The Morgan fingerprint density at radius 1 is 1.19 bits per heavy atom. The molecule has 144 valence electrons. The van der Waals surface area contributed by atoms with Crippen LogP contribution in [-0.2, 0) is 6.54 Å². The van der Waals surface area contributed by atoms with Gasteiger partial charge in [0, 0.05) is 51.5 Å². The Balaban J connectivity index is 1.52. The minimum Gasteiger partial charge on any atom is -0.496 e. The molecule has 1 saturated heterocycles. The van der Waals surface area contributed by atoms with E-state index in [-0.39, 0.29) is 0 Å². The van der Waals surface area contributed by atoms with Crippen molar-refractivity contribution in [3.63, 3.8) is 0 Å². The molecule has 1 heterocycles. The van der Waals surface area contributed by atoms with Crippen LogP contribution in [0.5, 0.6) is 5.75 Å². The first-order valence-electron chi connectivity index (χ1n) is 9.55. The van der Waals surface area contributed by atoms with E-state index in [4.69, 9.17) is 4.74 Å². The van der Waals surface area contributed by atoms with Gasteiger partial charge in [-0.15, -0.1) is 0 Å². The first-order valence-corrected chi connectivity index (χ1v) is 9.55. The minimum absolute atomic E-state index is 0.626. The number of benzene rings is 2. The molecule has 1 N–H and O–H groups in total. The van der Waals surface area contributed by atoms with Gasteiger partial charge in [-0.05, 0) is 30.5 Å².